The number of carbonyl (C=O) groups is 2. The zero-order valence-electron chi connectivity index (χ0n) is 39.9. The molecule has 0 amide bonds. The Morgan fingerprint density at radius 2 is 0.850 bits per heavy atom. The maximum atomic E-state index is 12.7. The highest BCUT2D eigenvalue weighted by molar-refractivity contribution is 7.45. The number of phosphoric acid groups is 1. The molecule has 9 nitrogen and oxygen atoms in total. The Kier molecular flexibility index (Phi) is 41.7. The molecule has 0 bridgehead atoms. The van der Waals surface area contributed by atoms with Crippen LogP contribution in [0.4, 0.5) is 0 Å². The lowest BCUT2D eigenvalue weighted by Crippen LogP contribution is -2.37. The van der Waals surface area contributed by atoms with Crippen molar-refractivity contribution in [3.63, 3.8) is 0 Å². The highest BCUT2D eigenvalue weighted by Gasteiger charge is 2.21. The van der Waals surface area contributed by atoms with Gasteiger partial charge in [-0.3, -0.25) is 14.2 Å². The van der Waals surface area contributed by atoms with Crippen molar-refractivity contribution in [2.75, 3.05) is 47.5 Å². The lowest BCUT2D eigenvalue weighted by molar-refractivity contribution is -0.870. The van der Waals surface area contributed by atoms with Crippen LogP contribution in [0.3, 0.4) is 0 Å². The molecule has 0 radical (unpaired) electrons. The molecule has 2 unspecified atom stereocenters. The van der Waals surface area contributed by atoms with Gasteiger partial charge >= 0.3 is 11.9 Å². The molecule has 0 aliphatic rings. The molecule has 0 aliphatic heterocycles. The molecule has 0 aromatic carbocycles. The predicted molar refractivity (Wildman–Crippen MR) is 250 cm³/mol. The highest BCUT2D eigenvalue weighted by Crippen LogP contribution is 2.38. The largest absolute Gasteiger partial charge is 0.756 e. The van der Waals surface area contributed by atoms with Crippen LogP contribution in [0.5, 0.6) is 0 Å². The van der Waals surface area contributed by atoms with E-state index in [4.69, 9.17) is 18.5 Å². The summed E-state index contributed by atoms with van der Waals surface area (Å²) in [5, 5.41) is 0. The van der Waals surface area contributed by atoms with Crippen LogP contribution in [-0.2, 0) is 32.7 Å². The van der Waals surface area contributed by atoms with Crippen LogP contribution < -0.4 is 4.89 Å². The van der Waals surface area contributed by atoms with Crippen molar-refractivity contribution in [1.82, 2.24) is 0 Å². The summed E-state index contributed by atoms with van der Waals surface area (Å²) in [6.07, 6.45) is 47.8. The lowest BCUT2D eigenvalue weighted by Gasteiger charge is -2.28. The van der Waals surface area contributed by atoms with Gasteiger partial charge in [0.05, 0.1) is 27.7 Å². The van der Waals surface area contributed by atoms with Crippen LogP contribution in [0, 0.1) is 0 Å². The average molecular weight is 870 g/mol. The Morgan fingerprint density at radius 3 is 1.25 bits per heavy atom. The Morgan fingerprint density at radius 1 is 0.500 bits per heavy atom. The van der Waals surface area contributed by atoms with Crippen molar-refractivity contribution in [1.29, 1.82) is 0 Å². The molecule has 0 saturated heterocycles. The van der Waals surface area contributed by atoms with Gasteiger partial charge < -0.3 is 27.9 Å². The molecule has 10 heteroatoms. The fourth-order valence-electron chi connectivity index (χ4n) is 7.00. The first-order valence-electron chi connectivity index (χ1n) is 25.0. The third-order valence-electron chi connectivity index (χ3n) is 10.9. The van der Waals surface area contributed by atoms with Gasteiger partial charge in [-0.05, 0) is 64.2 Å². The summed E-state index contributed by atoms with van der Waals surface area (Å²) < 4.78 is 34.0. The van der Waals surface area contributed by atoms with Crippen LogP contribution in [-0.4, -0.2) is 70.0 Å². The summed E-state index contributed by atoms with van der Waals surface area (Å²) in [7, 11) is 1.17. The fraction of sp³-hybridized carbons (Fsp3) is 0.880. The monoisotopic (exact) mass is 870 g/mol. The molecule has 0 rings (SSSR count). The van der Waals surface area contributed by atoms with E-state index in [9.17, 15) is 19.0 Å². The number of hydrogen-bond donors (Lipinski definition) is 0. The molecule has 60 heavy (non-hydrogen) atoms. The first-order valence-corrected chi connectivity index (χ1v) is 26.5. The van der Waals surface area contributed by atoms with Gasteiger partial charge in [-0.1, -0.05) is 179 Å². The van der Waals surface area contributed by atoms with Crippen molar-refractivity contribution < 1.29 is 42.1 Å². The smallest absolute Gasteiger partial charge is 0.306 e. The summed E-state index contributed by atoms with van der Waals surface area (Å²) in [4.78, 5) is 37.6. The first-order chi connectivity index (χ1) is 29.0. The van der Waals surface area contributed by atoms with Crippen LogP contribution >= 0.6 is 7.82 Å². The second-order valence-electron chi connectivity index (χ2n) is 18.2. The number of phosphoric ester groups is 1. The standard InChI is InChI=1S/C50H96NO8P/c1-6-8-10-12-14-16-18-20-21-22-23-24-25-26-27-28-29-31-33-35-37-39-41-43-50(53)59-48(47-58-60(54,55)57-45-44-51(3,4)5)46-56-49(52)42-40-38-36-34-32-30-19-17-15-13-11-9-7-2/h17,19,22-23,48H,6-16,18,20-21,24-47H2,1-5H3/b19-17-,23-22-. The number of nitrogens with zero attached hydrogens (tertiary/aromatic N) is 1. The molecule has 0 aromatic heterocycles. The van der Waals surface area contributed by atoms with Crippen molar-refractivity contribution in [3.8, 4) is 0 Å². The Balaban J connectivity index is 4.21. The van der Waals surface area contributed by atoms with Gasteiger partial charge in [0.1, 0.15) is 19.8 Å². The number of likely N-dealkylation sites (N-methyl/N-ethyl adjacent to an activating group) is 1. The van der Waals surface area contributed by atoms with Crippen LogP contribution in [0.2, 0.25) is 0 Å². The summed E-state index contributed by atoms with van der Waals surface area (Å²) in [5.74, 6) is -0.838. The number of allylic oxidation sites excluding steroid dienone is 4. The Labute approximate surface area is 370 Å². The van der Waals surface area contributed by atoms with Gasteiger partial charge in [0.15, 0.2) is 6.10 Å². The van der Waals surface area contributed by atoms with E-state index in [-0.39, 0.29) is 26.1 Å². The molecule has 0 spiro atoms. The second-order valence-corrected chi connectivity index (χ2v) is 19.6. The molecule has 0 heterocycles. The van der Waals surface area contributed by atoms with Crippen molar-refractivity contribution in [3.05, 3.63) is 24.3 Å². The fourth-order valence-corrected chi connectivity index (χ4v) is 7.73. The van der Waals surface area contributed by atoms with Gasteiger partial charge in [-0.15, -0.1) is 0 Å². The molecular formula is C50H96NO8P. The topological polar surface area (TPSA) is 111 Å². The minimum atomic E-state index is -4.63. The van der Waals surface area contributed by atoms with Crippen LogP contribution in [0.1, 0.15) is 232 Å². The SMILES string of the molecule is CCCCCC/C=C\CCCCCCCC(=O)OCC(COP(=O)([O-])OCC[N+](C)(C)C)OC(=O)CCCCCCCCCCCCC/C=C\CCCCCCCCCC. The lowest BCUT2D eigenvalue weighted by atomic mass is 10.0. The zero-order valence-corrected chi connectivity index (χ0v) is 40.8. The molecule has 0 fully saturated rings. The molecule has 0 aromatic rings. The molecular weight excluding hydrogens is 774 g/mol. The summed E-state index contributed by atoms with van der Waals surface area (Å²) in [6, 6.07) is 0. The third kappa shape index (κ3) is 46.0. The van der Waals surface area contributed by atoms with E-state index in [1.807, 2.05) is 21.1 Å². The number of rotatable bonds is 46. The van der Waals surface area contributed by atoms with Gasteiger partial charge in [-0.2, -0.15) is 0 Å². The minimum Gasteiger partial charge on any atom is -0.756 e. The van der Waals surface area contributed by atoms with E-state index in [1.165, 1.54) is 141 Å². The second kappa shape index (κ2) is 42.8. The van der Waals surface area contributed by atoms with Crippen LogP contribution in [0.25, 0.3) is 0 Å². The van der Waals surface area contributed by atoms with Gasteiger partial charge in [0.2, 0.25) is 0 Å². The van der Waals surface area contributed by atoms with E-state index >= 15 is 0 Å². The Hall–Kier alpha value is -1.51. The van der Waals surface area contributed by atoms with Crippen molar-refractivity contribution >= 4 is 19.8 Å². The van der Waals surface area contributed by atoms with Crippen LogP contribution in [0.15, 0.2) is 24.3 Å². The van der Waals surface area contributed by atoms with Gasteiger partial charge in [-0.25, -0.2) is 0 Å². The van der Waals surface area contributed by atoms with E-state index in [1.54, 1.807) is 0 Å². The minimum absolute atomic E-state index is 0.0307. The molecule has 354 valence electrons. The Bertz CT molecular complexity index is 1070. The molecule has 0 saturated carbocycles. The maximum absolute atomic E-state index is 12.7. The van der Waals surface area contributed by atoms with E-state index in [0.717, 1.165) is 57.8 Å². The van der Waals surface area contributed by atoms with Crippen molar-refractivity contribution in [2.24, 2.45) is 0 Å². The van der Waals surface area contributed by atoms with Crippen molar-refractivity contribution in [2.45, 2.75) is 238 Å². The number of quaternary nitrogens is 1. The number of esters is 2. The van der Waals surface area contributed by atoms with Gasteiger partial charge in [0, 0.05) is 12.8 Å². The number of carbonyl (C=O) groups excluding carboxylic acids is 2. The first kappa shape index (κ1) is 58.5. The van der Waals surface area contributed by atoms with E-state index < -0.39 is 32.5 Å². The normalized spacial score (nSPS) is 13.6. The summed E-state index contributed by atoms with van der Waals surface area (Å²) in [6.45, 7) is 4.23. The summed E-state index contributed by atoms with van der Waals surface area (Å²) in [5.41, 5.74) is 0. The highest BCUT2D eigenvalue weighted by atomic mass is 31.2. The zero-order chi connectivity index (χ0) is 44.3. The third-order valence-corrected chi connectivity index (χ3v) is 11.9. The average Bonchev–Trinajstić information content (AvgIpc) is 3.20. The molecule has 0 N–H and O–H groups in total. The predicted octanol–water partition coefficient (Wildman–Crippen LogP) is 14.1. The van der Waals surface area contributed by atoms with E-state index in [2.05, 4.69) is 38.2 Å². The summed E-state index contributed by atoms with van der Waals surface area (Å²) >= 11 is 0. The number of ether oxygens (including phenoxy) is 2. The van der Waals surface area contributed by atoms with Gasteiger partial charge in [0.25, 0.3) is 7.82 Å². The quantitative estimate of drug-likeness (QED) is 0.0195. The molecule has 2 atom stereocenters. The number of unbranched alkanes of at least 4 members (excludes halogenated alkanes) is 28. The van der Waals surface area contributed by atoms with E-state index in [0.29, 0.717) is 17.4 Å². The molecule has 0 aliphatic carbocycles. The number of hydrogen-bond acceptors (Lipinski definition) is 8. The maximum Gasteiger partial charge on any atom is 0.306 e.